The third-order valence-electron chi connectivity index (χ3n) is 6.45. The quantitative estimate of drug-likeness (QED) is 0.552. The van der Waals surface area contributed by atoms with E-state index < -0.39 is 35.5 Å². The minimum Gasteiger partial charge on any atom is -0.493 e. The number of aliphatic hydroxyl groups is 1. The molecule has 2 heterocycles. The summed E-state index contributed by atoms with van der Waals surface area (Å²) in [6.45, 7) is 3.51. The average Bonchev–Trinajstić information content (AvgIpc) is 3.22. The lowest BCUT2D eigenvalue weighted by atomic mass is 9.69. The molecule has 0 saturated heterocycles. The molecule has 4 rings (SSSR count). The van der Waals surface area contributed by atoms with E-state index in [-0.39, 0.29) is 0 Å². The van der Waals surface area contributed by atoms with Crippen molar-refractivity contribution in [1.29, 1.82) is 0 Å². The Morgan fingerprint density at radius 2 is 1.85 bits per heavy atom. The van der Waals surface area contributed by atoms with Crippen LogP contribution in [0.15, 0.2) is 60.9 Å². The van der Waals surface area contributed by atoms with Crippen LogP contribution in [0.3, 0.4) is 0 Å². The maximum Gasteiger partial charge on any atom is 0.419 e. The lowest BCUT2D eigenvalue weighted by molar-refractivity contribution is -0.279. The summed E-state index contributed by atoms with van der Waals surface area (Å²) < 4.78 is 69.3. The molecule has 0 fully saturated rings. The fourth-order valence-corrected chi connectivity index (χ4v) is 4.96. The zero-order valence-corrected chi connectivity index (χ0v) is 18.5. The van der Waals surface area contributed by atoms with Gasteiger partial charge < -0.3 is 19.5 Å². The van der Waals surface area contributed by atoms with Crippen molar-refractivity contribution in [3.63, 3.8) is 0 Å². The highest BCUT2D eigenvalue weighted by Gasteiger charge is 2.62. The Bertz CT molecular complexity index is 1010. The molecule has 1 aliphatic carbocycles. The molecule has 1 aromatic rings. The highest BCUT2D eigenvalue weighted by molar-refractivity contribution is 5.48. The Morgan fingerprint density at radius 3 is 2.48 bits per heavy atom. The van der Waals surface area contributed by atoms with Crippen molar-refractivity contribution >= 4 is 0 Å². The van der Waals surface area contributed by atoms with Crippen LogP contribution in [0.25, 0.3) is 0 Å². The van der Waals surface area contributed by atoms with Gasteiger partial charge in [0.05, 0.1) is 12.6 Å². The summed E-state index contributed by atoms with van der Waals surface area (Å²) in [4.78, 5) is 1.32. The van der Waals surface area contributed by atoms with E-state index in [1.54, 1.807) is 26.0 Å². The first-order valence-corrected chi connectivity index (χ1v) is 10.9. The number of benzene rings is 1. The molecule has 0 spiro atoms. The Balaban J connectivity index is 1.82. The van der Waals surface area contributed by atoms with Gasteiger partial charge in [-0.2, -0.15) is 13.2 Å². The van der Waals surface area contributed by atoms with Crippen LogP contribution < -0.4 is 4.74 Å². The number of hydrogen-bond acceptors (Lipinski definition) is 4. The van der Waals surface area contributed by atoms with Gasteiger partial charge in [-0.1, -0.05) is 32.1 Å². The van der Waals surface area contributed by atoms with E-state index in [1.807, 2.05) is 6.08 Å². The predicted molar refractivity (Wildman–Crippen MR) is 116 cm³/mol. The van der Waals surface area contributed by atoms with Crippen molar-refractivity contribution in [3.05, 3.63) is 77.8 Å². The van der Waals surface area contributed by atoms with Crippen molar-refractivity contribution in [1.82, 2.24) is 4.90 Å². The lowest BCUT2D eigenvalue weighted by Crippen LogP contribution is -2.62. The molecule has 2 aliphatic heterocycles. The molecular weight excluding hydrogens is 438 g/mol. The van der Waals surface area contributed by atoms with Crippen LogP contribution in [0.5, 0.6) is 5.75 Å². The summed E-state index contributed by atoms with van der Waals surface area (Å²) >= 11 is 0. The molecule has 178 valence electrons. The standard InChI is InChI=1S/C25H27F4NO3/c1-23(2,20-15-19(26)14-18-8-11-33-21(18)20)16-24(31,25(27,28)29)22(17-6-4-3-5-7-17)30-9-12-32-13-10-30/h3-4,6,9-10,12-15,22,31H,5,7-8,11,16H2,1-2H3. The average molecular weight is 465 g/mol. The second-order valence-electron chi connectivity index (χ2n) is 9.29. The first kappa shape index (κ1) is 23.4. The first-order chi connectivity index (χ1) is 15.5. The smallest absolute Gasteiger partial charge is 0.419 e. The molecule has 0 saturated carbocycles. The Kier molecular flexibility index (Phi) is 6.07. The highest BCUT2D eigenvalue weighted by Crippen LogP contribution is 2.49. The normalized spacial score (nSPS) is 20.6. The Labute approximate surface area is 190 Å². The van der Waals surface area contributed by atoms with Crippen LogP contribution in [0, 0.1) is 5.82 Å². The molecule has 8 heteroatoms. The van der Waals surface area contributed by atoms with E-state index >= 15 is 0 Å². The summed E-state index contributed by atoms with van der Waals surface area (Å²) in [5.41, 5.74) is -3.02. The summed E-state index contributed by atoms with van der Waals surface area (Å²) in [5, 5.41) is 11.6. The number of allylic oxidation sites excluding steroid dienone is 3. The van der Waals surface area contributed by atoms with Crippen LogP contribution in [-0.2, 0) is 16.6 Å². The molecule has 3 aliphatic rings. The van der Waals surface area contributed by atoms with Crippen LogP contribution in [0.1, 0.15) is 44.2 Å². The van der Waals surface area contributed by atoms with Crippen molar-refractivity contribution < 1.29 is 32.1 Å². The molecule has 33 heavy (non-hydrogen) atoms. The molecule has 1 N–H and O–H groups in total. The van der Waals surface area contributed by atoms with Gasteiger partial charge in [-0.3, -0.25) is 0 Å². The second-order valence-corrected chi connectivity index (χ2v) is 9.29. The van der Waals surface area contributed by atoms with E-state index in [0.29, 0.717) is 48.3 Å². The molecule has 0 amide bonds. The summed E-state index contributed by atoms with van der Waals surface area (Å²) in [6.07, 6.45) is 6.23. The Hall–Kier alpha value is -2.74. The van der Waals surface area contributed by atoms with Crippen LogP contribution >= 0.6 is 0 Å². The number of halogens is 4. The fraction of sp³-hybridized carbons (Fsp3) is 0.440. The van der Waals surface area contributed by atoms with Crippen molar-refractivity contribution in [2.45, 2.75) is 62.8 Å². The third-order valence-corrected chi connectivity index (χ3v) is 6.45. The Morgan fingerprint density at radius 1 is 1.12 bits per heavy atom. The first-order valence-electron chi connectivity index (χ1n) is 10.9. The van der Waals surface area contributed by atoms with Gasteiger partial charge in [0.1, 0.15) is 24.1 Å². The van der Waals surface area contributed by atoms with Crippen molar-refractivity contribution in [3.8, 4) is 5.75 Å². The monoisotopic (exact) mass is 465 g/mol. The van der Waals surface area contributed by atoms with Gasteiger partial charge in [0.15, 0.2) is 5.60 Å². The molecule has 2 unspecified atom stereocenters. The van der Waals surface area contributed by atoms with Gasteiger partial charge in [-0.25, -0.2) is 4.39 Å². The highest BCUT2D eigenvalue weighted by atomic mass is 19.4. The van der Waals surface area contributed by atoms with E-state index in [9.17, 15) is 22.7 Å². The SMILES string of the molecule is CC(C)(CC(O)(C(C1=CC=CCC1)N1C=COC=C1)C(F)(F)F)c1cc(F)cc2c1OCC2. The lowest BCUT2D eigenvalue weighted by Gasteiger charge is -2.47. The topological polar surface area (TPSA) is 41.9 Å². The molecule has 2 atom stereocenters. The number of rotatable bonds is 6. The van der Waals surface area contributed by atoms with Crippen molar-refractivity contribution in [2.75, 3.05) is 6.61 Å². The number of alkyl halides is 3. The zero-order valence-electron chi connectivity index (χ0n) is 18.5. The summed E-state index contributed by atoms with van der Waals surface area (Å²) in [6, 6.07) is 1.14. The maximum absolute atomic E-state index is 14.8. The number of fused-ring (bicyclic) bond motifs is 1. The van der Waals surface area contributed by atoms with Crippen LogP contribution in [-0.4, -0.2) is 34.4 Å². The second kappa shape index (κ2) is 8.56. The third kappa shape index (κ3) is 4.40. The van der Waals surface area contributed by atoms with Gasteiger partial charge in [0.25, 0.3) is 0 Å². The zero-order chi connectivity index (χ0) is 23.9. The van der Waals surface area contributed by atoms with Gasteiger partial charge in [0.2, 0.25) is 0 Å². The predicted octanol–water partition coefficient (Wildman–Crippen LogP) is 5.64. The van der Waals surface area contributed by atoms with Gasteiger partial charge in [-0.15, -0.1) is 0 Å². The maximum atomic E-state index is 14.8. The van der Waals surface area contributed by atoms with Gasteiger partial charge in [-0.05, 0) is 42.4 Å². The molecule has 1 aromatic carbocycles. The van der Waals surface area contributed by atoms with Gasteiger partial charge in [0, 0.05) is 29.9 Å². The number of ether oxygens (including phenoxy) is 2. The van der Waals surface area contributed by atoms with Crippen LogP contribution in [0.2, 0.25) is 0 Å². The van der Waals surface area contributed by atoms with Crippen molar-refractivity contribution in [2.24, 2.45) is 0 Å². The summed E-state index contributed by atoms with van der Waals surface area (Å²) in [7, 11) is 0. The minimum atomic E-state index is -4.98. The number of nitrogens with zero attached hydrogens (tertiary/aromatic N) is 1. The number of hydrogen-bond donors (Lipinski definition) is 1. The largest absolute Gasteiger partial charge is 0.493 e. The molecule has 4 nitrogen and oxygen atoms in total. The molecule has 0 aromatic heterocycles. The van der Waals surface area contributed by atoms with Crippen LogP contribution in [0.4, 0.5) is 17.6 Å². The molecule has 0 bridgehead atoms. The van der Waals surface area contributed by atoms with E-state index in [1.165, 1.54) is 42.0 Å². The van der Waals surface area contributed by atoms with E-state index in [4.69, 9.17) is 9.47 Å². The van der Waals surface area contributed by atoms with E-state index in [0.717, 1.165) is 0 Å². The van der Waals surface area contributed by atoms with E-state index in [2.05, 4.69) is 0 Å². The minimum absolute atomic E-state index is 0.321. The summed E-state index contributed by atoms with van der Waals surface area (Å²) in [5.74, 6) is -0.123. The molecule has 0 radical (unpaired) electrons. The molecular formula is C25H27F4NO3. The fourth-order valence-electron chi connectivity index (χ4n) is 4.96. The van der Waals surface area contributed by atoms with Gasteiger partial charge >= 0.3 is 6.18 Å².